The lowest BCUT2D eigenvalue weighted by atomic mass is 10.0. The van der Waals surface area contributed by atoms with E-state index in [1.165, 1.54) is 14.1 Å². The average molecular weight is 863 g/mol. The molecule has 2 aliphatic heterocycles. The van der Waals surface area contributed by atoms with Crippen LogP contribution >= 0.6 is 22.7 Å². The topological polar surface area (TPSA) is 180 Å². The number of amides is 6. The van der Waals surface area contributed by atoms with Gasteiger partial charge in [-0.05, 0) is 34.4 Å². The van der Waals surface area contributed by atoms with E-state index in [-0.39, 0.29) is 11.8 Å². The van der Waals surface area contributed by atoms with Crippen LogP contribution in [0, 0.1) is 0 Å². The van der Waals surface area contributed by atoms with Gasteiger partial charge in [0, 0.05) is 41.5 Å². The number of urea groups is 2. The van der Waals surface area contributed by atoms with E-state index in [9.17, 15) is 19.2 Å². The standard InChI is InChI=1S/C46H42N10O4S2/c1-47-45(59)53-39(29-11-5-3-6-12-29)43(57)55-21-9-15-33(55)41-49-25-31(51-41)27-17-19-28(20-18-27)35-23-37-38(61-35)24-36(62-37)32-26-50-42(52-32)34-16-10-22-56(34)44(58)40(54-46(60)48-2)30-13-7-4-8-14-30/h3-20,23-26,33-34,39-40H,21-22H2,1-2H3,(H,49,51)(H,50,52)(H2,47,53,59)(H2,48,54,60). The van der Waals surface area contributed by atoms with Crippen LogP contribution in [0.25, 0.3) is 41.7 Å². The molecule has 6 amide bonds. The van der Waals surface area contributed by atoms with Crippen molar-refractivity contribution in [2.75, 3.05) is 27.2 Å². The highest BCUT2D eigenvalue weighted by Gasteiger charge is 2.36. The number of fused-ring (bicyclic) bond motifs is 1. The molecule has 6 N–H and O–H groups in total. The van der Waals surface area contributed by atoms with Crippen molar-refractivity contribution in [2.45, 2.75) is 24.2 Å². The smallest absolute Gasteiger partial charge is 0.315 e. The van der Waals surface area contributed by atoms with Crippen LogP contribution in [0.4, 0.5) is 9.59 Å². The largest absolute Gasteiger partial charge is 0.341 e. The zero-order valence-electron chi connectivity index (χ0n) is 33.7. The maximum absolute atomic E-state index is 13.9. The van der Waals surface area contributed by atoms with E-state index in [4.69, 9.17) is 4.98 Å². The SMILES string of the molecule is CNC(=O)NC(C(=O)N1CC=CC1c1ncc(-c2ccc(-c3cc4sc(-c5cnc(C6C=CCN6C(=O)C(NC(=O)NC)c6ccccc6)[nH]5)cc4s3)cc2)[nH]1)c1ccccc1. The Hall–Kier alpha value is -7.30. The molecule has 4 aromatic heterocycles. The number of aromatic nitrogens is 4. The number of H-pyrrole nitrogens is 2. The average Bonchev–Trinajstić information content (AvgIpc) is 4.17. The number of carbonyl (C=O) groups is 4. The first-order valence-electron chi connectivity index (χ1n) is 20.0. The van der Waals surface area contributed by atoms with Crippen LogP contribution in [0.15, 0.2) is 134 Å². The zero-order chi connectivity index (χ0) is 42.7. The van der Waals surface area contributed by atoms with Gasteiger partial charge >= 0.3 is 12.1 Å². The summed E-state index contributed by atoms with van der Waals surface area (Å²) in [5.74, 6) is 0.817. The summed E-state index contributed by atoms with van der Waals surface area (Å²) in [6.07, 6.45) is 11.4. The van der Waals surface area contributed by atoms with E-state index in [0.29, 0.717) is 35.9 Å². The molecule has 312 valence electrons. The van der Waals surface area contributed by atoms with E-state index >= 15 is 0 Å². The molecule has 4 atom stereocenters. The Bertz CT molecular complexity index is 2780. The van der Waals surface area contributed by atoms with Gasteiger partial charge in [0.2, 0.25) is 0 Å². The molecule has 7 aromatic rings. The molecule has 0 bridgehead atoms. The molecule has 2 aliphatic rings. The van der Waals surface area contributed by atoms with E-state index in [1.54, 1.807) is 38.7 Å². The van der Waals surface area contributed by atoms with Crippen molar-refractivity contribution in [1.82, 2.24) is 51.0 Å². The predicted octanol–water partition coefficient (Wildman–Crippen LogP) is 7.63. The van der Waals surface area contributed by atoms with Gasteiger partial charge in [0.05, 0.1) is 28.7 Å². The number of nitrogens with one attached hydrogen (secondary N) is 6. The molecule has 14 nitrogen and oxygen atoms in total. The minimum Gasteiger partial charge on any atom is -0.341 e. The number of hydrogen-bond donors (Lipinski definition) is 6. The van der Waals surface area contributed by atoms with E-state index in [1.807, 2.05) is 91.2 Å². The number of benzene rings is 3. The van der Waals surface area contributed by atoms with Crippen LogP contribution in [0.2, 0.25) is 0 Å². The fraction of sp³-hybridized carbons (Fsp3) is 0.174. The van der Waals surface area contributed by atoms with Gasteiger partial charge in [-0.1, -0.05) is 109 Å². The number of nitrogens with zero attached hydrogens (tertiary/aromatic N) is 4. The quantitative estimate of drug-likeness (QED) is 0.0728. The van der Waals surface area contributed by atoms with Crippen molar-refractivity contribution in [1.29, 1.82) is 0 Å². The molecular weight excluding hydrogens is 821 g/mol. The minimum absolute atomic E-state index is 0.229. The molecule has 4 unspecified atom stereocenters. The zero-order valence-corrected chi connectivity index (χ0v) is 35.3. The van der Waals surface area contributed by atoms with Crippen LogP contribution in [0.1, 0.15) is 46.9 Å². The molecule has 0 saturated heterocycles. The lowest BCUT2D eigenvalue weighted by Gasteiger charge is -2.28. The fourth-order valence-electron chi connectivity index (χ4n) is 7.75. The number of hydrogen-bond acceptors (Lipinski definition) is 8. The summed E-state index contributed by atoms with van der Waals surface area (Å²) in [6.45, 7) is 0.792. The monoisotopic (exact) mass is 862 g/mol. The summed E-state index contributed by atoms with van der Waals surface area (Å²) in [7, 11) is 3.04. The van der Waals surface area contributed by atoms with E-state index in [2.05, 4.69) is 72.6 Å². The first kappa shape index (κ1) is 40.1. The summed E-state index contributed by atoms with van der Waals surface area (Å²) in [5, 5.41) is 10.7. The van der Waals surface area contributed by atoms with Gasteiger partial charge in [-0.15, -0.1) is 22.7 Å². The number of aromatic amines is 2. The molecule has 0 radical (unpaired) electrons. The summed E-state index contributed by atoms with van der Waals surface area (Å²) in [4.78, 5) is 74.4. The lowest BCUT2D eigenvalue weighted by Crippen LogP contribution is -2.45. The van der Waals surface area contributed by atoms with Crippen molar-refractivity contribution < 1.29 is 19.2 Å². The summed E-state index contributed by atoms with van der Waals surface area (Å²) in [5.41, 5.74) is 5.14. The Kier molecular flexibility index (Phi) is 11.2. The Labute approximate surface area is 364 Å². The first-order chi connectivity index (χ1) is 30.3. The molecule has 0 fully saturated rings. The van der Waals surface area contributed by atoms with Crippen molar-refractivity contribution in [3.05, 3.63) is 157 Å². The van der Waals surface area contributed by atoms with Gasteiger partial charge in [0.15, 0.2) is 0 Å². The van der Waals surface area contributed by atoms with Crippen LogP contribution < -0.4 is 21.3 Å². The number of thiophene rings is 2. The predicted molar refractivity (Wildman–Crippen MR) is 241 cm³/mol. The maximum atomic E-state index is 13.9. The van der Waals surface area contributed by atoms with Gasteiger partial charge in [0.1, 0.15) is 35.8 Å². The van der Waals surface area contributed by atoms with Gasteiger partial charge < -0.3 is 41.0 Å². The molecule has 16 heteroatoms. The van der Waals surface area contributed by atoms with Crippen LogP contribution in [0.3, 0.4) is 0 Å². The van der Waals surface area contributed by atoms with Gasteiger partial charge in [-0.25, -0.2) is 19.6 Å². The summed E-state index contributed by atoms with van der Waals surface area (Å²) in [6, 6.07) is 27.7. The van der Waals surface area contributed by atoms with Crippen molar-refractivity contribution in [3.63, 3.8) is 0 Å². The van der Waals surface area contributed by atoms with Crippen molar-refractivity contribution >= 4 is 56.0 Å². The maximum Gasteiger partial charge on any atom is 0.315 e. The van der Waals surface area contributed by atoms with Crippen LogP contribution in [0.5, 0.6) is 0 Å². The molecule has 6 heterocycles. The third-order valence-corrected chi connectivity index (χ3v) is 13.3. The second kappa shape index (κ2) is 17.4. The normalized spacial score (nSPS) is 16.7. The summed E-state index contributed by atoms with van der Waals surface area (Å²) < 4.78 is 2.32. The van der Waals surface area contributed by atoms with Gasteiger partial charge in [-0.2, -0.15) is 0 Å². The number of imidazole rings is 2. The van der Waals surface area contributed by atoms with E-state index in [0.717, 1.165) is 41.7 Å². The molecule has 0 aliphatic carbocycles. The second-order valence-corrected chi connectivity index (χ2v) is 16.9. The van der Waals surface area contributed by atoms with Crippen molar-refractivity contribution in [3.8, 4) is 32.3 Å². The Morgan fingerprint density at radius 2 is 1.06 bits per heavy atom. The molecule has 0 saturated carbocycles. The lowest BCUT2D eigenvalue weighted by molar-refractivity contribution is -0.134. The number of rotatable bonds is 11. The van der Waals surface area contributed by atoms with Gasteiger partial charge in [-0.3, -0.25) is 9.59 Å². The number of carbonyl (C=O) groups excluding carboxylic acids is 4. The van der Waals surface area contributed by atoms with Crippen LogP contribution in [-0.2, 0) is 9.59 Å². The third-order valence-electron chi connectivity index (χ3n) is 10.9. The highest BCUT2D eigenvalue weighted by molar-refractivity contribution is 7.31. The second-order valence-electron chi connectivity index (χ2n) is 14.8. The highest BCUT2D eigenvalue weighted by atomic mass is 32.1. The first-order valence-corrected chi connectivity index (χ1v) is 21.7. The molecule has 62 heavy (non-hydrogen) atoms. The van der Waals surface area contributed by atoms with Crippen molar-refractivity contribution in [2.24, 2.45) is 0 Å². The molecule has 9 rings (SSSR count). The molecular formula is C46H42N10O4S2. The fourth-order valence-corrected chi connectivity index (χ4v) is 10.1. The Balaban J connectivity index is 0.872. The minimum atomic E-state index is -0.858. The Morgan fingerprint density at radius 1 is 0.613 bits per heavy atom. The third kappa shape index (κ3) is 8.00. The van der Waals surface area contributed by atoms with E-state index < -0.39 is 36.2 Å². The molecule has 3 aromatic carbocycles. The Morgan fingerprint density at radius 3 is 1.58 bits per heavy atom. The highest BCUT2D eigenvalue weighted by Crippen LogP contribution is 2.42. The van der Waals surface area contributed by atoms with Gasteiger partial charge in [0.25, 0.3) is 11.8 Å². The van der Waals surface area contributed by atoms with Crippen LogP contribution in [-0.4, -0.2) is 80.8 Å². The molecule has 0 spiro atoms. The summed E-state index contributed by atoms with van der Waals surface area (Å²) >= 11 is 3.40.